The Morgan fingerprint density at radius 1 is 1.33 bits per heavy atom. The lowest BCUT2D eigenvalue weighted by atomic mass is 9.72. The van der Waals surface area contributed by atoms with Gasteiger partial charge in [-0.25, -0.2) is 19.3 Å². The number of H-pyrrole nitrogens is 1. The maximum absolute atomic E-state index is 12.3. The van der Waals surface area contributed by atoms with Gasteiger partial charge in [0.1, 0.15) is 11.8 Å². The molecule has 3 aromatic rings. The van der Waals surface area contributed by atoms with Gasteiger partial charge in [0.2, 0.25) is 5.95 Å². The van der Waals surface area contributed by atoms with E-state index in [1.165, 1.54) is 17.8 Å². The molecule has 1 fully saturated rings. The minimum absolute atomic E-state index is 0.135. The minimum Gasteiger partial charge on any atom is -0.449 e. The number of fused-ring (bicyclic) bond motifs is 1. The average Bonchev–Trinajstić information content (AvgIpc) is 3.10. The number of anilines is 2. The highest BCUT2D eigenvalue weighted by atomic mass is 19.4. The molecule has 0 spiro atoms. The van der Waals surface area contributed by atoms with Gasteiger partial charge in [-0.2, -0.15) is 18.3 Å². The number of carbonyl (C=O) groups excluding carboxylic acids is 1. The summed E-state index contributed by atoms with van der Waals surface area (Å²) < 4.78 is 43.4. The van der Waals surface area contributed by atoms with Crippen LogP contribution < -0.4 is 16.2 Å². The molecule has 1 saturated carbocycles. The number of alkyl halides is 3. The van der Waals surface area contributed by atoms with Crippen LogP contribution in [0.4, 0.5) is 29.6 Å². The number of hydrogen-bond acceptors (Lipinski definition) is 7. The zero-order valence-electron chi connectivity index (χ0n) is 17.6. The molecule has 0 unspecified atom stereocenters. The number of rotatable bonds is 7. The number of aromatic nitrogens is 5. The first-order valence-electron chi connectivity index (χ1n) is 10.3. The first-order valence-corrected chi connectivity index (χ1v) is 10.3. The van der Waals surface area contributed by atoms with Gasteiger partial charge >= 0.3 is 12.3 Å². The van der Waals surface area contributed by atoms with E-state index >= 15 is 0 Å². The highest BCUT2D eigenvalue weighted by molar-refractivity contribution is 5.67. The van der Waals surface area contributed by atoms with Crippen LogP contribution in [0.5, 0.6) is 0 Å². The van der Waals surface area contributed by atoms with E-state index in [0.29, 0.717) is 17.2 Å². The average molecular weight is 465 g/mol. The van der Waals surface area contributed by atoms with Crippen molar-refractivity contribution in [1.82, 2.24) is 29.9 Å². The zero-order valence-corrected chi connectivity index (χ0v) is 17.6. The molecule has 1 amide bonds. The van der Waals surface area contributed by atoms with Gasteiger partial charge in [-0.15, -0.1) is 0 Å². The maximum atomic E-state index is 12.3. The molecule has 10 nitrogen and oxygen atoms in total. The molecule has 3 heterocycles. The van der Waals surface area contributed by atoms with Crippen molar-refractivity contribution in [3.05, 3.63) is 46.9 Å². The Bertz CT molecular complexity index is 1170. The van der Waals surface area contributed by atoms with Gasteiger partial charge in [0.05, 0.1) is 24.9 Å². The van der Waals surface area contributed by atoms with E-state index in [2.05, 4.69) is 30.7 Å². The predicted octanol–water partition coefficient (Wildman–Crippen LogP) is 3.12. The van der Waals surface area contributed by atoms with Crippen LogP contribution in [0.25, 0.3) is 5.52 Å². The summed E-state index contributed by atoms with van der Waals surface area (Å²) in [7, 11) is 0. The van der Waals surface area contributed by atoms with E-state index in [-0.39, 0.29) is 24.0 Å². The number of halogens is 3. The van der Waals surface area contributed by atoms with Gasteiger partial charge in [0.15, 0.2) is 0 Å². The largest absolute Gasteiger partial charge is 0.449 e. The van der Waals surface area contributed by atoms with Crippen molar-refractivity contribution in [3.8, 4) is 0 Å². The molecule has 3 aromatic heterocycles. The van der Waals surface area contributed by atoms with Crippen LogP contribution in [0, 0.1) is 5.92 Å². The number of aromatic amines is 1. The Kier molecular flexibility index (Phi) is 6.20. The number of hydrogen-bond donors (Lipinski definition) is 3. The fourth-order valence-corrected chi connectivity index (χ4v) is 3.73. The van der Waals surface area contributed by atoms with Crippen molar-refractivity contribution in [1.29, 1.82) is 0 Å². The molecule has 33 heavy (non-hydrogen) atoms. The fourth-order valence-electron chi connectivity index (χ4n) is 3.73. The summed E-state index contributed by atoms with van der Waals surface area (Å²) in [5.41, 5.74) is 1.70. The summed E-state index contributed by atoms with van der Waals surface area (Å²) >= 11 is 0. The summed E-state index contributed by atoms with van der Waals surface area (Å²) in [5, 5.41) is 9.23. The van der Waals surface area contributed by atoms with E-state index in [0.717, 1.165) is 18.4 Å². The van der Waals surface area contributed by atoms with Gasteiger partial charge in [0.25, 0.3) is 5.56 Å². The Hall–Kier alpha value is -3.64. The summed E-state index contributed by atoms with van der Waals surface area (Å²) in [6, 6.07) is 0.595. The summed E-state index contributed by atoms with van der Waals surface area (Å²) in [5.74, 6) is 0.727. The molecule has 4 rings (SSSR count). The third kappa shape index (κ3) is 5.79. The normalized spacial score (nSPS) is 19.0. The Balaban J connectivity index is 1.22. The quantitative estimate of drug-likeness (QED) is 0.489. The van der Waals surface area contributed by atoms with Gasteiger partial charge < -0.3 is 20.4 Å². The topological polar surface area (TPSA) is 126 Å². The standard InChI is InChI=1S/C20H22F3N7O3/c1-11(5-20(21,22)23)28-19(32)33-9-12-2-13(3-12)14-6-24-18(25-7-14)29-15-4-16-17(31)26-10-27-30(16)8-15/h4,6-8,10-13H,2-3,5,9H2,1H3,(H,28,32)(H,24,25,29)(H,26,27,31)/t11-,12?,13?/m0/s1. The van der Waals surface area contributed by atoms with Crippen molar-refractivity contribution in [3.63, 3.8) is 0 Å². The molecule has 1 aliphatic rings. The fraction of sp³-hybridized carbons (Fsp3) is 0.450. The van der Waals surface area contributed by atoms with Gasteiger partial charge in [0, 0.05) is 18.4 Å². The van der Waals surface area contributed by atoms with E-state index in [1.807, 2.05) is 0 Å². The van der Waals surface area contributed by atoms with Crippen molar-refractivity contribution in [2.75, 3.05) is 11.9 Å². The van der Waals surface area contributed by atoms with E-state index in [4.69, 9.17) is 4.74 Å². The van der Waals surface area contributed by atoms with Crippen LogP contribution in [-0.2, 0) is 4.74 Å². The third-order valence-electron chi connectivity index (χ3n) is 5.40. The second-order valence-electron chi connectivity index (χ2n) is 8.14. The van der Waals surface area contributed by atoms with Gasteiger partial charge in [-0.05, 0) is 43.2 Å². The van der Waals surface area contributed by atoms with E-state index in [9.17, 15) is 22.8 Å². The number of nitrogens with one attached hydrogen (secondary N) is 3. The molecule has 0 bridgehead atoms. The van der Waals surface area contributed by atoms with Crippen LogP contribution in [0.3, 0.4) is 0 Å². The lowest BCUT2D eigenvalue weighted by Crippen LogP contribution is -2.38. The van der Waals surface area contributed by atoms with Crippen molar-refractivity contribution in [2.45, 2.75) is 44.3 Å². The molecule has 0 aromatic carbocycles. The molecular weight excluding hydrogens is 443 g/mol. The lowest BCUT2D eigenvalue weighted by Gasteiger charge is -2.34. The molecule has 13 heteroatoms. The van der Waals surface area contributed by atoms with Crippen molar-refractivity contribution >= 4 is 23.2 Å². The Labute approximate surface area is 185 Å². The molecule has 0 radical (unpaired) electrons. The number of nitrogens with zero attached hydrogens (tertiary/aromatic N) is 4. The molecule has 0 saturated heterocycles. The SMILES string of the molecule is C[C@@H](CC(F)(F)F)NC(=O)OCC1CC(c2cnc(Nc3cc4c(=O)[nH]cnn4c3)nc2)C1. The number of carbonyl (C=O) groups is 1. The maximum Gasteiger partial charge on any atom is 0.407 e. The first kappa shape index (κ1) is 22.6. The third-order valence-corrected chi connectivity index (χ3v) is 5.40. The van der Waals surface area contributed by atoms with Crippen LogP contribution in [0.1, 0.15) is 37.7 Å². The van der Waals surface area contributed by atoms with Gasteiger partial charge in [-0.1, -0.05) is 0 Å². The number of amides is 1. The summed E-state index contributed by atoms with van der Waals surface area (Å²) in [6.07, 6.45) is 1.63. The highest BCUT2D eigenvalue weighted by Gasteiger charge is 2.33. The summed E-state index contributed by atoms with van der Waals surface area (Å²) in [6.45, 7) is 1.43. The Morgan fingerprint density at radius 3 is 2.73 bits per heavy atom. The molecule has 1 aliphatic carbocycles. The number of ether oxygens (including phenoxy) is 1. The highest BCUT2D eigenvalue weighted by Crippen LogP contribution is 2.41. The Morgan fingerprint density at radius 2 is 2.06 bits per heavy atom. The molecule has 0 aliphatic heterocycles. The van der Waals surface area contributed by atoms with Crippen LogP contribution in [0.15, 0.2) is 35.8 Å². The van der Waals surface area contributed by atoms with Crippen LogP contribution >= 0.6 is 0 Å². The predicted molar refractivity (Wildman–Crippen MR) is 111 cm³/mol. The zero-order chi connectivity index (χ0) is 23.6. The number of alkyl carbamates (subject to hydrolysis) is 1. The van der Waals surface area contributed by atoms with Crippen molar-refractivity contribution < 1.29 is 22.7 Å². The van der Waals surface area contributed by atoms with Crippen molar-refractivity contribution in [2.24, 2.45) is 5.92 Å². The molecule has 3 N–H and O–H groups in total. The van der Waals surface area contributed by atoms with Crippen LogP contribution in [-0.4, -0.2) is 49.5 Å². The molecular formula is C20H22F3N7O3. The molecule has 176 valence electrons. The second-order valence-corrected chi connectivity index (χ2v) is 8.14. The first-order chi connectivity index (χ1) is 15.7. The van der Waals surface area contributed by atoms with E-state index in [1.54, 1.807) is 24.7 Å². The summed E-state index contributed by atoms with van der Waals surface area (Å²) in [4.78, 5) is 34.5. The monoisotopic (exact) mass is 465 g/mol. The smallest absolute Gasteiger partial charge is 0.407 e. The lowest BCUT2D eigenvalue weighted by molar-refractivity contribution is -0.138. The molecule has 1 atom stereocenters. The second kappa shape index (κ2) is 9.08. The van der Waals surface area contributed by atoms with E-state index < -0.39 is 24.7 Å². The van der Waals surface area contributed by atoms with Crippen LogP contribution in [0.2, 0.25) is 0 Å². The van der Waals surface area contributed by atoms with Gasteiger partial charge in [-0.3, -0.25) is 4.79 Å². The minimum atomic E-state index is -4.34.